The minimum absolute atomic E-state index is 0.0324. The molecule has 2 aromatic rings. The minimum Gasteiger partial charge on any atom is -0.435 e. The molecule has 0 atom stereocenters. The molecule has 1 aliphatic heterocycles. The van der Waals surface area contributed by atoms with E-state index >= 15 is 0 Å². The molecule has 2 aromatic carbocycles. The Kier molecular flexibility index (Phi) is 8.70. The van der Waals surface area contributed by atoms with E-state index in [-0.39, 0.29) is 31.3 Å². The number of nitrogens with one attached hydrogen (secondary N) is 1. The standard InChI is InChI=1S/C21H25F3N2O7S3/c1-2-34(27,28)25-14-15-9-11-26(12-10-15)36(31,32)19-8-7-16(33-21(23)24)13-20(19)35(29,30)18-6-4-3-5-17(18)22/h3-8,13,15,21,25H,2,9-12,14H2,1H3. The summed E-state index contributed by atoms with van der Waals surface area (Å²) in [4.78, 5) is -2.43. The zero-order chi connectivity index (χ0) is 26.7. The molecule has 0 saturated carbocycles. The molecule has 0 aromatic heterocycles. The van der Waals surface area contributed by atoms with Crippen molar-refractivity contribution < 1.29 is 43.2 Å². The summed E-state index contributed by atoms with van der Waals surface area (Å²) in [5, 5.41) is 0. The van der Waals surface area contributed by atoms with Gasteiger partial charge in [0.2, 0.25) is 29.9 Å². The van der Waals surface area contributed by atoms with Gasteiger partial charge in [0.1, 0.15) is 21.4 Å². The molecule has 1 N–H and O–H groups in total. The van der Waals surface area contributed by atoms with E-state index in [2.05, 4.69) is 9.46 Å². The molecule has 0 radical (unpaired) electrons. The Balaban J connectivity index is 1.95. The predicted octanol–water partition coefficient (Wildman–Crippen LogP) is 2.60. The molecule has 36 heavy (non-hydrogen) atoms. The molecule has 0 unspecified atom stereocenters. The zero-order valence-corrected chi connectivity index (χ0v) is 21.6. The first-order valence-corrected chi connectivity index (χ1v) is 15.4. The van der Waals surface area contributed by atoms with E-state index in [1.165, 1.54) is 19.1 Å². The number of piperidine rings is 1. The molecule has 9 nitrogen and oxygen atoms in total. The summed E-state index contributed by atoms with van der Waals surface area (Å²) in [6, 6.07) is 6.65. The number of hydrogen-bond acceptors (Lipinski definition) is 7. The molecule has 1 aliphatic rings. The molecular formula is C21H25F3N2O7S3. The van der Waals surface area contributed by atoms with E-state index in [9.17, 15) is 38.4 Å². The van der Waals surface area contributed by atoms with Gasteiger partial charge in [-0.15, -0.1) is 0 Å². The summed E-state index contributed by atoms with van der Waals surface area (Å²) in [7, 11) is -12.7. The Labute approximate surface area is 208 Å². The minimum atomic E-state index is -4.80. The summed E-state index contributed by atoms with van der Waals surface area (Å²) < 4.78 is 124. The van der Waals surface area contributed by atoms with Crippen LogP contribution >= 0.6 is 0 Å². The van der Waals surface area contributed by atoms with E-state index in [1.807, 2.05) is 0 Å². The van der Waals surface area contributed by atoms with Crippen LogP contribution in [0.15, 0.2) is 57.2 Å². The zero-order valence-electron chi connectivity index (χ0n) is 19.1. The number of halogens is 3. The van der Waals surface area contributed by atoms with Crippen LogP contribution in [0.25, 0.3) is 0 Å². The lowest BCUT2D eigenvalue weighted by Crippen LogP contribution is -2.42. The maximum absolute atomic E-state index is 14.4. The maximum Gasteiger partial charge on any atom is 0.387 e. The van der Waals surface area contributed by atoms with Gasteiger partial charge >= 0.3 is 6.61 Å². The van der Waals surface area contributed by atoms with E-state index in [1.54, 1.807) is 0 Å². The van der Waals surface area contributed by atoms with Crippen LogP contribution in [0.1, 0.15) is 19.8 Å². The summed E-state index contributed by atoms with van der Waals surface area (Å²) >= 11 is 0. The van der Waals surface area contributed by atoms with Gasteiger partial charge in [-0.3, -0.25) is 0 Å². The summed E-state index contributed by atoms with van der Waals surface area (Å²) in [5.41, 5.74) is 0. The lowest BCUT2D eigenvalue weighted by molar-refractivity contribution is -0.0500. The maximum atomic E-state index is 14.4. The Morgan fingerprint density at radius 3 is 2.19 bits per heavy atom. The number of alkyl halides is 2. The van der Waals surface area contributed by atoms with Crippen molar-refractivity contribution in [1.82, 2.24) is 9.03 Å². The fraction of sp³-hybridized carbons (Fsp3) is 0.429. The van der Waals surface area contributed by atoms with Crippen molar-refractivity contribution in [3.63, 3.8) is 0 Å². The van der Waals surface area contributed by atoms with Crippen molar-refractivity contribution >= 4 is 29.9 Å². The first-order valence-electron chi connectivity index (χ1n) is 10.8. The molecule has 200 valence electrons. The second kappa shape index (κ2) is 11.0. The van der Waals surface area contributed by atoms with Gasteiger partial charge in [-0.25, -0.2) is 34.4 Å². The van der Waals surface area contributed by atoms with Crippen LogP contribution in [0.4, 0.5) is 13.2 Å². The first kappa shape index (κ1) is 28.4. The molecule has 1 fully saturated rings. The fourth-order valence-electron chi connectivity index (χ4n) is 3.71. The number of ether oxygens (including phenoxy) is 1. The monoisotopic (exact) mass is 570 g/mol. The Morgan fingerprint density at radius 1 is 0.972 bits per heavy atom. The van der Waals surface area contributed by atoms with Crippen molar-refractivity contribution in [3.05, 3.63) is 48.3 Å². The molecule has 1 saturated heterocycles. The molecule has 0 aliphatic carbocycles. The molecule has 3 rings (SSSR count). The highest BCUT2D eigenvalue weighted by atomic mass is 32.2. The largest absolute Gasteiger partial charge is 0.435 e. The molecule has 1 heterocycles. The number of hydrogen-bond donors (Lipinski definition) is 1. The number of nitrogens with zero attached hydrogens (tertiary/aromatic N) is 1. The van der Waals surface area contributed by atoms with E-state index in [0.29, 0.717) is 18.9 Å². The topological polar surface area (TPSA) is 127 Å². The van der Waals surface area contributed by atoms with Gasteiger partial charge in [0.15, 0.2) is 0 Å². The average Bonchev–Trinajstić information content (AvgIpc) is 2.82. The third-order valence-electron chi connectivity index (χ3n) is 5.72. The van der Waals surface area contributed by atoms with Gasteiger partial charge in [-0.2, -0.15) is 13.1 Å². The molecule has 0 spiro atoms. The number of rotatable bonds is 10. The molecular weight excluding hydrogens is 545 g/mol. The van der Waals surface area contributed by atoms with Crippen LogP contribution in [-0.4, -0.2) is 61.6 Å². The Hall–Kier alpha value is -2.20. The number of sulfone groups is 1. The predicted molar refractivity (Wildman–Crippen MR) is 124 cm³/mol. The molecule has 0 amide bonds. The second-order valence-electron chi connectivity index (χ2n) is 8.02. The van der Waals surface area contributed by atoms with Crippen LogP contribution < -0.4 is 9.46 Å². The summed E-state index contributed by atoms with van der Waals surface area (Å²) in [6.45, 7) is -1.75. The van der Waals surface area contributed by atoms with Crippen LogP contribution in [0.3, 0.4) is 0 Å². The quantitative estimate of drug-likeness (QED) is 0.465. The fourth-order valence-corrected chi connectivity index (χ4v) is 7.99. The van der Waals surface area contributed by atoms with Crippen LogP contribution in [0.5, 0.6) is 5.75 Å². The van der Waals surface area contributed by atoms with Crippen LogP contribution in [0, 0.1) is 11.7 Å². The van der Waals surface area contributed by atoms with Gasteiger partial charge in [0, 0.05) is 25.7 Å². The van der Waals surface area contributed by atoms with E-state index < -0.39 is 62.7 Å². The van der Waals surface area contributed by atoms with Gasteiger partial charge < -0.3 is 4.74 Å². The van der Waals surface area contributed by atoms with Gasteiger partial charge in [-0.1, -0.05) is 12.1 Å². The van der Waals surface area contributed by atoms with Crippen molar-refractivity contribution in [1.29, 1.82) is 0 Å². The highest BCUT2D eigenvalue weighted by Gasteiger charge is 2.36. The first-order chi connectivity index (χ1) is 16.8. The average molecular weight is 571 g/mol. The summed E-state index contributed by atoms with van der Waals surface area (Å²) in [5.74, 6) is -1.98. The van der Waals surface area contributed by atoms with Crippen molar-refractivity contribution in [2.24, 2.45) is 5.92 Å². The van der Waals surface area contributed by atoms with E-state index in [0.717, 1.165) is 28.6 Å². The normalized spacial score (nSPS) is 16.4. The van der Waals surface area contributed by atoms with Crippen molar-refractivity contribution in [3.8, 4) is 5.75 Å². The van der Waals surface area contributed by atoms with E-state index in [4.69, 9.17) is 0 Å². The Bertz CT molecular complexity index is 1410. The highest BCUT2D eigenvalue weighted by molar-refractivity contribution is 7.93. The number of benzene rings is 2. The molecule has 15 heteroatoms. The van der Waals surface area contributed by atoms with Gasteiger partial charge in [0.05, 0.1) is 10.6 Å². The van der Waals surface area contributed by atoms with Gasteiger partial charge in [-0.05, 0) is 49.9 Å². The Morgan fingerprint density at radius 2 is 1.61 bits per heavy atom. The molecule has 0 bridgehead atoms. The second-order valence-corrected chi connectivity index (χ2v) is 13.9. The third-order valence-corrected chi connectivity index (χ3v) is 11.0. The van der Waals surface area contributed by atoms with Crippen LogP contribution in [-0.2, 0) is 29.9 Å². The SMILES string of the molecule is CCS(=O)(=O)NCC1CCN(S(=O)(=O)c2ccc(OC(F)F)cc2S(=O)(=O)c2ccccc2F)CC1. The number of sulfonamides is 2. The van der Waals surface area contributed by atoms with Crippen molar-refractivity contribution in [2.45, 2.75) is 41.1 Å². The smallest absolute Gasteiger partial charge is 0.387 e. The lowest BCUT2D eigenvalue weighted by atomic mass is 9.99. The van der Waals surface area contributed by atoms with Gasteiger partial charge in [0.25, 0.3) is 0 Å². The van der Waals surface area contributed by atoms with Crippen LogP contribution in [0.2, 0.25) is 0 Å². The van der Waals surface area contributed by atoms with Crippen molar-refractivity contribution in [2.75, 3.05) is 25.4 Å². The lowest BCUT2D eigenvalue weighted by Gasteiger charge is -2.31. The highest BCUT2D eigenvalue weighted by Crippen LogP contribution is 2.35. The third kappa shape index (κ3) is 6.37. The summed E-state index contributed by atoms with van der Waals surface area (Å²) in [6.07, 6.45) is 0.598.